The van der Waals surface area contributed by atoms with Gasteiger partial charge in [-0.15, -0.1) is 11.3 Å². The van der Waals surface area contributed by atoms with Gasteiger partial charge in [-0.1, -0.05) is 48.5 Å². The molecule has 5 aromatic rings. The van der Waals surface area contributed by atoms with Gasteiger partial charge in [0.15, 0.2) is 0 Å². The van der Waals surface area contributed by atoms with Gasteiger partial charge in [0, 0.05) is 12.7 Å². The second kappa shape index (κ2) is 10.1. The molecule has 0 bridgehead atoms. The quantitative estimate of drug-likeness (QED) is 0.292. The third-order valence-corrected chi connectivity index (χ3v) is 6.33. The van der Waals surface area contributed by atoms with Gasteiger partial charge < -0.3 is 10.1 Å². The molecule has 0 aliphatic rings. The van der Waals surface area contributed by atoms with Gasteiger partial charge in [0.2, 0.25) is 5.95 Å². The van der Waals surface area contributed by atoms with E-state index in [2.05, 4.69) is 27.4 Å². The molecule has 0 unspecified atom stereocenters. The molecule has 0 aliphatic heterocycles. The van der Waals surface area contributed by atoms with E-state index in [-0.39, 0.29) is 6.42 Å². The van der Waals surface area contributed by atoms with Crippen LogP contribution in [0.1, 0.15) is 11.3 Å². The van der Waals surface area contributed by atoms with Crippen LogP contribution in [0.25, 0.3) is 20.8 Å². The van der Waals surface area contributed by atoms with Gasteiger partial charge in [0.1, 0.15) is 16.5 Å². The number of fused-ring (bicyclic) bond motifs is 1. The Morgan fingerprint density at radius 2 is 1.71 bits per heavy atom. The highest BCUT2D eigenvalue weighted by atomic mass is 32.1. The van der Waals surface area contributed by atoms with E-state index in [1.165, 1.54) is 0 Å². The van der Waals surface area contributed by atoms with Gasteiger partial charge in [0.25, 0.3) is 0 Å². The summed E-state index contributed by atoms with van der Waals surface area (Å²) >= 11 is 1.58. The number of nitriles is 1. The molecule has 2 heterocycles. The molecule has 34 heavy (non-hydrogen) atoms. The fourth-order valence-corrected chi connectivity index (χ4v) is 4.61. The summed E-state index contributed by atoms with van der Waals surface area (Å²) < 4.78 is 7.15. The summed E-state index contributed by atoms with van der Waals surface area (Å²) in [6, 6.07) is 27.9. The number of nitrogens with zero attached hydrogens (tertiary/aromatic N) is 4. The predicted octanol–water partition coefficient (Wildman–Crippen LogP) is 6.27. The van der Waals surface area contributed by atoms with E-state index >= 15 is 0 Å². The van der Waals surface area contributed by atoms with Crippen LogP contribution in [0.2, 0.25) is 0 Å². The molecule has 0 saturated heterocycles. The number of thiazole rings is 1. The first kappa shape index (κ1) is 21.6. The van der Waals surface area contributed by atoms with Gasteiger partial charge in [-0.3, -0.25) is 0 Å². The smallest absolute Gasteiger partial charge is 0.222 e. The van der Waals surface area contributed by atoms with Crippen molar-refractivity contribution in [1.82, 2.24) is 15.0 Å². The van der Waals surface area contributed by atoms with Gasteiger partial charge >= 0.3 is 0 Å². The molecule has 0 atom stereocenters. The topological polar surface area (TPSA) is 83.7 Å². The van der Waals surface area contributed by atoms with Gasteiger partial charge in [0.05, 0.1) is 34.0 Å². The minimum absolute atomic E-state index is 0.191. The lowest BCUT2D eigenvalue weighted by molar-refractivity contribution is 0.476. The zero-order valence-corrected chi connectivity index (χ0v) is 19.1. The van der Waals surface area contributed by atoms with E-state index in [4.69, 9.17) is 9.72 Å². The number of hydrogen-bond donors (Lipinski definition) is 1. The largest absolute Gasteiger partial charge is 0.457 e. The van der Waals surface area contributed by atoms with E-state index in [0.29, 0.717) is 18.2 Å². The van der Waals surface area contributed by atoms with Crippen LogP contribution in [0, 0.1) is 11.3 Å². The molecule has 0 radical (unpaired) electrons. The number of aromatic nitrogens is 3. The van der Waals surface area contributed by atoms with Gasteiger partial charge in [-0.2, -0.15) is 5.26 Å². The fourth-order valence-electron chi connectivity index (χ4n) is 3.61. The van der Waals surface area contributed by atoms with Crippen LogP contribution in [-0.2, 0) is 12.8 Å². The normalized spacial score (nSPS) is 10.7. The molecule has 6 nitrogen and oxygen atoms in total. The van der Waals surface area contributed by atoms with Crippen molar-refractivity contribution in [3.05, 3.63) is 96.3 Å². The predicted molar refractivity (Wildman–Crippen MR) is 135 cm³/mol. The molecule has 0 saturated carbocycles. The maximum absolute atomic E-state index is 9.34. The number of rotatable bonds is 8. The van der Waals surface area contributed by atoms with Crippen molar-refractivity contribution in [2.75, 3.05) is 11.9 Å². The third-order valence-electron chi connectivity index (χ3n) is 5.26. The lowest BCUT2D eigenvalue weighted by Crippen LogP contribution is -2.10. The second-order valence-corrected chi connectivity index (χ2v) is 8.61. The van der Waals surface area contributed by atoms with Crippen molar-refractivity contribution in [3.63, 3.8) is 0 Å². The summed E-state index contributed by atoms with van der Waals surface area (Å²) in [4.78, 5) is 13.8. The number of benzene rings is 3. The Bertz CT molecular complexity index is 1430. The molecule has 3 aromatic carbocycles. The third kappa shape index (κ3) is 4.87. The van der Waals surface area contributed by atoms with Crippen LogP contribution in [0.5, 0.6) is 11.5 Å². The molecular formula is C27H21N5OS. The fraction of sp³-hybridized carbons (Fsp3) is 0.111. The maximum Gasteiger partial charge on any atom is 0.222 e. The van der Waals surface area contributed by atoms with Crippen LogP contribution in [0.3, 0.4) is 0 Å². The van der Waals surface area contributed by atoms with Crippen molar-refractivity contribution < 1.29 is 4.74 Å². The first-order chi connectivity index (χ1) is 16.8. The Hall–Kier alpha value is -4.28. The Morgan fingerprint density at radius 3 is 2.56 bits per heavy atom. The van der Waals surface area contributed by atoms with Crippen LogP contribution >= 0.6 is 11.3 Å². The average Bonchev–Trinajstić information content (AvgIpc) is 3.30. The highest BCUT2D eigenvalue weighted by Gasteiger charge is 2.14. The summed E-state index contributed by atoms with van der Waals surface area (Å²) in [6.45, 7) is 0.627. The summed E-state index contributed by atoms with van der Waals surface area (Å²) in [5.74, 6) is 2.13. The number of nitrogens with one attached hydrogen (secondary N) is 1. The number of hydrogen-bond acceptors (Lipinski definition) is 7. The number of para-hydroxylation sites is 3. The summed E-state index contributed by atoms with van der Waals surface area (Å²) in [5.41, 5.74) is 3.49. The summed E-state index contributed by atoms with van der Waals surface area (Å²) in [6.07, 6.45) is 2.68. The Kier molecular flexibility index (Phi) is 6.41. The van der Waals surface area contributed by atoms with Gasteiger partial charge in [-0.25, -0.2) is 15.0 Å². The van der Waals surface area contributed by atoms with Crippen molar-refractivity contribution in [2.45, 2.75) is 12.8 Å². The Labute approximate surface area is 201 Å². The summed E-state index contributed by atoms with van der Waals surface area (Å²) in [5, 5.41) is 13.4. The van der Waals surface area contributed by atoms with Crippen molar-refractivity contribution in [3.8, 4) is 28.1 Å². The molecule has 5 rings (SSSR count). The summed E-state index contributed by atoms with van der Waals surface area (Å²) in [7, 11) is 0. The first-order valence-electron chi connectivity index (χ1n) is 10.9. The number of anilines is 1. The molecule has 0 aliphatic carbocycles. The van der Waals surface area contributed by atoms with E-state index in [1.807, 2.05) is 72.8 Å². The molecule has 0 spiro atoms. The molecule has 166 valence electrons. The molecule has 0 amide bonds. The van der Waals surface area contributed by atoms with Crippen LogP contribution in [0.15, 0.2) is 85.1 Å². The lowest BCUT2D eigenvalue weighted by atomic mass is 10.1. The maximum atomic E-state index is 9.34. The molecular weight excluding hydrogens is 442 g/mol. The average molecular weight is 464 g/mol. The standard InChI is InChI=1S/C27H21N5OS/c28-16-14-22-21(26-31-23-11-5-7-13-25(23)34-26)18-30-27(32-22)29-17-15-19-8-4-6-12-24(19)33-20-9-2-1-3-10-20/h1-13,18H,14-15,17H2,(H,29,30,32). The Balaban J connectivity index is 1.30. The molecule has 0 fully saturated rings. The second-order valence-electron chi connectivity index (χ2n) is 7.58. The minimum Gasteiger partial charge on any atom is -0.457 e. The molecule has 1 N–H and O–H groups in total. The van der Waals surface area contributed by atoms with Crippen LogP contribution in [0.4, 0.5) is 5.95 Å². The SMILES string of the molecule is N#CCc1nc(NCCc2ccccc2Oc2ccccc2)ncc1-c1nc2ccccc2s1. The van der Waals surface area contributed by atoms with E-state index in [0.717, 1.165) is 44.3 Å². The highest BCUT2D eigenvalue weighted by Crippen LogP contribution is 2.32. The van der Waals surface area contributed by atoms with Crippen LogP contribution in [-0.4, -0.2) is 21.5 Å². The van der Waals surface area contributed by atoms with E-state index in [9.17, 15) is 5.26 Å². The number of ether oxygens (including phenoxy) is 1. The highest BCUT2D eigenvalue weighted by molar-refractivity contribution is 7.21. The van der Waals surface area contributed by atoms with E-state index < -0.39 is 0 Å². The lowest BCUT2D eigenvalue weighted by Gasteiger charge is -2.12. The zero-order valence-electron chi connectivity index (χ0n) is 18.3. The zero-order chi connectivity index (χ0) is 23.2. The Morgan fingerprint density at radius 1 is 0.912 bits per heavy atom. The van der Waals surface area contributed by atoms with Crippen LogP contribution < -0.4 is 10.1 Å². The first-order valence-corrected chi connectivity index (χ1v) is 11.8. The van der Waals surface area contributed by atoms with Crippen molar-refractivity contribution in [1.29, 1.82) is 5.26 Å². The minimum atomic E-state index is 0.191. The monoisotopic (exact) mass is 463 g/mol. The van der Waals surface area contributed by atoms with E-state index in [1.54, 1.807) is 17.5 Å². The molecule has 2 aromatic heterocycles. The van der Waals surface area contributed by atoms with Crippen molar-refractivity contribution >= 4 is 27.5 Å². The van der Waals surface area contributed by atoms with Gasteiger partial charge in [-0.05, 0) is 42.3 Å². The van der Waals surface area contributed by atoms with Crippen molar-refractivity contribution in [2.24, 2.45) is 0 Å². The molecule has 7 heteroatoms.